The van der Waals surface area contributed by atoms with Crippen LogP contribution in [0.25, 0.3) is 10.9 Å². The molecule has 0 spiro atoms. The minimum absolute atomic E-state index is 0.160. The number of benzene rings is 1. The average Bonchev–Trinajstić information content (AvgIpc) is 2.47. The highest BCUT2D eigenvalue weighted by Gasteiger charge is 2.30. The first-order chi connectivity index (χ1) is 9.97. The van der Waals surface area contributed by atoms with Crippen LogP contribution in [0.3, 0.4) is 0 Å². The van der Waals surface area contributed by atoms with Crippen LogP contribution in [-0.4, -0.2) is 24.2 Å². The van der Waals surface area contributed by atoms with E-state index in [0.29, 0.717) is 0 Å². The number of pyridine rings is 1. The van der Waals surface area contributed by atoms with Crippen LogP contribution in [0.4, 0.5) is 0 Å². The molecule has 0 saturated carbocycles. The Morgan fingerprint density at radius 3 is 2.67 bits per heavy atom. The predicted molar refractivity (Wildman–Crippen MR) is 88.6 cm³/mol. The molecular weight excluding hydrogens is 260 g/mol. The Morgan fingerprint density at radius 2 is 2.00 bits per heavy atom. The first kappa shape index (κ1) is 15.9. The number of fused-ring (bicyclic) bond motifs is 1. The van der Waals surface area contributed by atoms with Gasteiger partial charge in [0.2, 0.25) is 0 Å². The number of nitrogens with zero attached hydrogens (tertiary/aromatic N) is 1. The highest BCUT2D eigenvalue weighted by Crippen LogP contribution is 2.30. The van der Waals surface area contributed by atoms with Gasteiger partial charge in [0.15, 0.2) is 0 Å². The molecule has 2 aromatic rings. The number of hydrogen-bond acceptors (Lipinski definition) is 3. The molecular formula is C18H26N2O. The summed E-state index contributed by atoms with van der Waals surface area (Å²) in [5.74, 6) is 0. The smallest absolute Gasteiger partial charge is 0.0816 e. The van der Waals surface area contributed by atoms with Gasteiger partial charge in [-0.1, -0.05) is 19.1 Å². The second-order valence-corrected chi connectivity index (χ2v) is 6.10. The minimum Gasteiger partial charge on any atom is -0.377 e. The maximum Gasteiger partial charge on any atom is 0.0816 e. The fourth-order valence-electron chi connectivity index (χ4n) is 2.60. The number of nitrogens with one attached hydrogen (secondary N) is 1. The lowest BCUT2D eigenvalue weighted by Crippen LogP contribution is -2.41. The van der Waals surface area contributed by atoms with E-state index < -0.39 is 0 Å². The molecule has 0 radical (unpaired) electrons. The van der Waals surface area contributed by atoms with Crippen LogP contribution in [-0.2, 0) is 4.74 Å². The topological polar surface area (TPSA) is 34.2 Å². The van der Waals surface area contributed by atoms with Crippen molar-refractivity contribution < 1.29 is 4.74 Å². The Balaban J connectivity index is 2.41. The number of hydrogen-bond donors (Lipinski definition) is 1. The third-order valence-electron chi connectivity index (χ3n) is 4.01. The predicted octanol–water partition coefficient (Wildman–Crippen LogP) is 4.01. The summed E-state index contributed by atoms with van der Waals surface area (Å²) in [7, 11) is 1.77. The van der Waals surface area contributed by atoms with Gasteiger partial charge in [0, 0.05) is 18.2 Å². The summed E-state index contributed by atoms with van der Waals surface area (Å²) in [4.78, 5) is 4.57. The van der Waals surface area contributed by atoms with Crippen molar-refractivity contribution in [2.75, 3.05) is 13.7 Å². The number of rotatable bonds is 6. The molecule has 1 unspecified atom stereocenters. The molecule has 3 nitrogen and oxygen atoms in total. The van der Waals surface area contributed by atoms with Gasteiger partial charge in [-0.25, -0.2) is 0 Å². The summed E-state index contributed by atoms with van der Waals surface area (Å²) in [6, 6.07) is 10.8. The summed E-state index contributed by atoms with van der Waals surface area (Å²) < 4.78 is 5.70. The van der Waals surface area contributed by atoms with Crippen molar-refractivity contribution in [2.45, 2.75) is 45.8 Å². The third kappa shape index (κ3) is 3.60. The van der Waals surface area contributed by atoms with E-state index in [4.69, 9.17) is 4.74 Å². The largest absolute Gasteiger partial charge is 0.377 e. The van der Waals surface area contributed by atoms with Crippen LogP contribution in [0.5, 0.6) is 0 Å². The molecule has 0 amide bonds. The molecule has 0 saturated heterocycles. The van der Waals surface area contributed by atoms with E-state index in [0.717, 1.165) is 24.2 Å². The van der Waals surface area contributed by atoms with Crippen molar-refractivity contribution >= 4 is 10.9 Å². The summed E-state index contributed by atoms with van der Waals surface area (Å²) >= 11 is 0. The molecule has 1 heterocycles. The van der Waals surface area contributed by atoms with Gasteiger partial charge in [0.05, 0.1) is 17.2 Å². The molecule has 0 bridgehead atoms. The Hall–Kier alpha value is -1.45. The number of aromatic nitrogens is 1. The molecule has 0 aliphatic carbocycles. The van der Waals surface area contributed by atoms with Gasteiger partial charge in [0.1, 0.15) is 0 Å². The number of ether oxygens (including phenoxy) is 1. The van der Waals surface area contributed by atoms with Gasteiger partial charge >= 0.3 is 0 Å². The first-order valence-corrected chi connectivity index (χ1v) is 7.63. The number of aryl methyl sites for hydroxylation is 1. The van der Waals surface area contributed by atoms with Crippen LogP contribution >= 0.6 is 0 Å². The van der Waals surface area contributed by atoms with E-state index in [9.17, 15) is 0 Å². The quantitative estimate of drug-likeness (QED) is 0.871. The summed E-state index contributed by atoms with van der Waals surface area (Å²) in [5, 5.41) is 4.78. The molecule has 1 aromatic heterocycles. The van der Waals surface area contributed by atoms with Gasteiger partial charge in [-0.15, -0.1) is 0 Å². The van der Waals surface area contributed by atoms with Crippen LogP contribution in [0, 0.1) is 6.92 Å². The second kappa shape index (κ2) is 6.54. The first-order valence-electron chi connectivity index (χ1n) is 7.63. The lowest BCUT2D eigenvalue weighted by molar-refractivity contribution is -0.0110. The van der Waals surface area contributed by atoms with Crippen LogP contribution in [0.2, 0.25) is 0 Å². The zero-order chi connectivity index (χ0) is 15.5. The Labute approximate surface area is 127 Å². The van der Waals surface area contributed by atoms with E-state index >= 15 is 0 Å². The third-order valence-corrected chi connectivity index (χ3v) is 4.01. The molecule has 1 N–H and O–H groups in total. The normalized spacial score (nSPS) is 13.6. The highest BCUT2D eigenvalue weighted by molar-refractivity contribution is 5.79. The molecule has 2 rings (SSSR count). The highest BCUT2D eigenvalue weighted by atomic mass is 16.5. The van der Waals surface area contributed by atoms with Crippen LogP contribution in [0.15, 0.2) is 30.3 Å². The SMILES string of the molecule is CCCNC(c1ccc2nc(C)ccc2c1)C(C)(C)OC. The zero-order valence-corrected chi connectivity index (χ0v) is 13.7. The molecule has 0 aliphatic rings. The van der Waals surface area contributed by atoms with Gasteiger partial charge < -0.3 is 10.1 Å². The van der Waals surface area contributed by atoms with Crippen LogP contribution < -0.4 is 5.32 Å². The molecule has 1 atom stereocenters. The minimum atomic E-state index is -0.263. The van der Waals surface area contributed by atoms with Crippen molar-refractivity contribution in [3.05, 3.63) is 41.6 Å². The zero-order valence-electron chi connectivity index (χ0n) is 13.7. The molecule has 3 heteroatoms. The van der Waals surface area contributed by atoms with E-state index in [-0.39, 0.29) is 11.6 Å². The van der Waals surface area contributed by atoms with Crippen molar-refractivity contribution in [1.29, 1.82) is 0 Å². The van der Waals surface area contributed by atoms with Crippen molar-refractivity contribution in [1.82, 2.24) is 10.3 Å². The second-order valence-electron chi connectivity index (χ2n) is 6.10. The molecule has 21 heavy (non-hydrogen) atoms. The van der Waals surface area contributed by atoms with E-state index in [2.05, 4.69) is 61.4 Å². The van der Waals surface area contributed by atoms with Gasteiger partial charge in [-0.05, 0) is 57.5 Å². The fourth-order valence-corrected chi connectivity index (χ4v) is 2.60. The van der Waals surface area contributed by atoms with E-state index in [1.807, 2.05) is 6.92 Å². The van der Waals surface area contributed by atoms with Gasteiger partial charge in [0.25, 0.3) is 0 Å². The van der Waals surface area contributed by atoms with Crippen molar-refractivity contribution in [3.8, 4) is 0 Å². The van der Waals surface area contributed by atoms with Crippen LogP contribution in [0.1, 0.15) is 44.5 Å². The maximum absolute atomic E-state index is 5.70. The summed E-state index contributed by atoms with van der Waals surface area (Å²) in [6.45, 7) is 9.42. The maximum atomic E-state index is 5.70. The van der Waals surface area contributed by atoms with Crippen molar-refractivity contribution in [2.24, 2.45) is 0 Å². The van der Waals surface area contributed by atoms with Gasteiger partial charge in [-0.2, -0.15) is 0 Å². The molecule has 114 valence electrons. The number of methoxy groups -OCH3 is 1. The summed E-state index contributed by atoms with van der Waals surface area (Å²) in [6.07, 6.45) is 1.10. The van der Waals surface area contributed by atoms with Crippen molar-refractivity contribution in [3.63, 3.8) is 0 Å². The lowest BCUT2D eigenvalue weighted by atomic mass is 9.90. The van der Waals surface area contributed by atoms with Gasteiger partial charge in [-0.3, -0.25) is 4.98 Å². The Bertz CT molecular complexity index is 607. The monoisotopic (exact) mass is 286 g/mol. The lowest BCUT2D eigenvalue weighted by Gasteiger charge is -2.34. The van der Waals surface area contributed by atoms with E-state index in [1.54, 1.807) is 7.11 Å². The average molecular weight is 286 g/mol. The standard InChI is InChI=1S/C18H26N2O/c1-6-11-19-17(18(3,4)21-5)15-9-10-16-14(12-15)8-7-13(2)20-16/h7-10,12,17,19H,6,11H2,1-5H3. The Morgan fingerprint density at radius 1 is 1.24 bits per heavy atom. The molecule has 1 aromatic carbocycles. The molecule has 0 fully saturated rings. The van der Waals surface area contributed by atoms with E-state index in [1.165, 1.54) is 10.9 Å². The molecule has 0 aliphatic heterocycles. The fraction of sp³-hybridized carbons (Fsp3) is 0.500. The summed E-state index contributed by atoms with van der Waals surface area (Å²) in [5.41, 5.74) is 3.07. The Kier molecular flexibility index (Phi) is 4.96.